The molecule has 2 aromatic rings. The molecule has 0 nitrogen and oxygen atoms in total. The van der Waals surface area contributed by atoms with Crippen LogP contribution in [0.25, 0.3) is 10.8 Å². The van der Waals surface area contributed by atoms with E-state index in [2.05, 4.69) is 24.3 Å². The SMILES string of the molecule is c1ccc2c3c(c4c(c2c1)SC(=C1SC2=C(SCCS2)S1)S4)SC(=C1SC2=C(SCCS2)S1)S3. The van der Waals surface area contributed by atoms with Crippen molar-refractivity contribution in [3.8, 4) is 0 Å². The molecule has 0 unspecified atom stereocenters. The molecular formula is C22H12S12. The minimum Gasteiger partial charge on any atom is -0.116 e. The Hall–Kier alpha value is 1.86. The van der Waals surface area contributed by atoms with Gasteiger partial charge in [-0.05, 0) is 10.8 Å². The first-order chi connectivity index (χ1) is 16.8. The second-order valence-electron chi connectivity index (χ2n) is 7.37. The molecule has 0 radical (unpaired) electrons. The number of hydrogen-bond donors (Lipinski definition) is 0. The van der Waals surface area contributed by atoms with Crippen molar-refractivity contribution in [1.82, 2.24) is 0 Å². The molecule has 12 heteroatoms. The fourth-order valence-electron chi connectivity index (χ4n) is 3.90. The zero-order valence-corrected chi connectivity index (χ0v) is 26.8. The summed E-state index contributed by atoms with van der Waals surface area (Å²) in [6.07, 6.45) is 0. The summed E-state index contributed by atoms with van der Waals surface area (Å²) in [5, 5.41) is 2.85. The van der Waals surface area contributed by atoms with Crippen molar-refractivity contribution in [1.29, 1.82) is 0 Å². The van der Waals surface area contributed by atoms with Crippen LogP contribution in [0.5, 0.6) is 0 Å². The minimum absolute atomic E-state index is 1.25. The molecule has 34 heavy (non-hydrogen) atoms. The van der Waals surface area contributed by atoms with Gasteiger partial charge >= 0.3 is 0 Å². The van der Waals surface area contributed by atoms with Crippen molar-refractivity contribution >= 4 is 152 Å². The normalized spacial score (nSPS) is 23.9. The van der Waals surface area contributed by atoms with Gasteiger partial charge in [-0.15, -0.1) is 47.0 Å². The van der Waals surface area contributed by atoms with E-state index >= 15 is 0 Å². The highest BCUT2D eigenvalue weighted by molar-refractivity contribution is 8.43. The van der Waals surface area contributed by atoms with Crippen LogP contribution in [-0.4, -0.2) is 23.0 Å². The standard InChI is InChI=1S/C22H12S12/c1-2-4-10-9(3-1)11-13(29-19(27-11)21-31-15-16(32-21)24-6-5-23-15)14-12(10)28-20(30-14)22-33-17-18(34-22)26-8-7-25-17/h1-4H,5-8H2. The fraction of sp³-hybridized carbons (Fsp3) is 0.182. The van der Waals surface area contributed by atoms with E-state index in [-0.39, 0.29) is 0 Å². The zero-order chi connectivity index (χ0) is 22.2. The second kappa shape index (κ2) is 9.80. The van der Waals surface area contributed by atoms with E-state index in [1.54, 1.807) is 0 Å². The molecule has 0 saturated heterocycles. The fourth-order valence-corrected chi connectivity index (χ4v) is 22.2. The molecule has 0 fully saturated rings. The summed E-state index contributed by atoms with van der Waals surface area (Å²) in [5.74, 6) is 4.98. The van der Waals surface area contributed by atoms with Crippen molar-refractivity contribution in [3.05, 3.63) is 58.2 Å². The maximum absolute atomic E-state index is 2.34. The Bertz CT molecular complexity index is 1270. The van der Waals surface area contributed by atoms with Gasteiger partial charge in [0.25, 0.3) is 0 Å². The van der Waals surface area contributed by atoms with Crippen molar-refractivity contribution < 1.29 is 0 Å². The smallest absolute Gasteiger partial charge is 0.0717 e. The average molecular weight is 661 g/mol. The van der Waals surface area contributed by atoms with Gasteiger partial charge in [0.05, 0.1) is 33.9 Å². The molecule has 0 amide bonds. The van der Waals surface area contributed by atoms with Gasteiger partial charge < -0.3 is 0 Å². The van der Waals surface area contributed by atoms with Crippen LogP contribution in [0.2, 0.25) is 0 Å². The summed E-state index contributed by atoms with van der Waals surface area (Å²) in [5.41, 5.74) is 0. The van der Waals surface area contributed by atoms with E-state index in [0.29, 0.717) is 0 Å². The monoisotopic (exact) mass is 660 g/mol. The Morgan fingerprint density at radius 2 is 0.676 bits per heavy atom. The van der Waals surface area contributed by atoms with E-state index < -0.39 is 0 Å². The number of rotatable bonds is 0. The highest BCUT2D eigenvalue weighted by Gasteiger charge is 2.37. The average Bonchev–Trinajstić information content (AvgIpc) is 3.66. The summed E-state index contributed by atoms with van der Waals surface area (Å²) in [7, 11) is 0. The lowest BCUT2D eigenvalue weighted by atomic mass is 10.1. The molecular weight excluding hydrogens is 649 g/mol. The molecule has 0 atom stereocenters. The molecule has 6 aliphatic heterocycles. The topological polar surface area (TPSA) is 0 Å². The lowest BCUT2D eigenvalue weighted by molar-refractivity contribution is 1.10. The van der Waals surface area contributed by atoms with Gasteiger partial charge in [-0.3, -0.25) is 0 Å². The van der Waals surface area contributed by atoms with Gasteiger partial charge in [-0.1, -0.05) is 118 Å². The van der Waals surface area contributed by atoms with E-state index in [9.17, 15) is 0 Å². The van der Waals surface area contributed by atoms with Crippen LogP contribution in [0.15, 0.2) is 77.7 Å². The predicted octanol–water partition coefficient (Wildman–Crippen LogP) is 11.7. The molecule has 0 aromatic heterocycles. The molecule has 0 N–H and O–H groups in total. The van der Waals surface area contributed by atoms with Gasteiger partial charge in [0.2, 0.25) is 0 Å². The van der Waals surface area contributed by atoms with E-state index in [0.717, 1.165) is 0 Å². The first-order valence-electron chi connectivity index (χ1n) is 10.3. The van der Waals surface area contributed by atoms with Crippen LogP contribution in [0, 0.1) is 0 Å². The molecule has 2 aromatic carbocycles. The lowest BCUT2D eigenvalue weighted by Crippen LogP contribution is -1.88. The third kappa shape index (κ3) is 4.06. The van der Waals surface area contributed by atoms with Gasteiger partial charge in [-0.25, -0.2) is 0 Å². The maximum Gasteiger partial charge on any atom is 0.0717 e. The van der Waals surface area contributed by atoms with Crippen LogP contribution in [0.1, 0.15) is 0 Å². The van der Waals surface area contributed by atoms with Crippen molar-refractivity contribution in [2.45, 2.75) is 19.6 Å². The Morgan fingerprint density at radius 1 is 0.353 bits per heavy atom. The summed E-state index contributed by atoms with van der Waals surface area (Å²) in [6, 6.07) is 9.09. The third-order valence-corrected chi connectivity index (χ3v) is 23.4. The summed E-state index contributed by atoms with van der Waals surface area (Å²) < 4.78 is 12.1. The van der Waals surface area contributed by atoms with Crippen LogP contribution >= 0.6 is 141 Å². The number of benzene rings is 2. The number of hydrogen-bond acceptors (Lipinski definition) is 12. The molecule has 0 bridgehead atoms. The summed E-state index contributed by atoms with van der Waals surface area (Å²) in [6.45, 7) is 0. The van der Waals surface area contributed by atoms with Gasteiger partial charge in [-0.2, -0.15) is 0 Å². The van der Waals surface area contributed by atoms with Crippen molar-refractivity contribution in [2.75, 3.05) is 23.0 Å². The summed E-state index contributed by atoms with van der Waals surface area (Å²) >= 11 is 24.4. The van der Waals surface area contributed by atoms with Crippen molar-refractivity contribution in [3.63, 3.8) is 0 Å². The first-order valence-corrected chi connectivity index (χ1v) is 20.8. The Morgan fingerprint density at radius 3 is 1.06 bits per heavy atom. The van der Waals surface area contributed by atoms with Gasteiger partial charge in [0, 0.05) is 42.6 Å². The number of thioether (sulfide) groups is 12. The highest BCUT2D eigenvalue weighted by Crippen LogP contribution is 2.71. The maximum atomic E-state index is 2.34. The molecule has 0 saturated carbocycles. The Kier molecular flexibility index (Phi) is 6.84. The molecule has 0 spiro atoms. The van der Waals surface area contributed by atoms with Crippen LogP contribution in [-0.2, 0) is 0 Å². The Labute approximate surface area is 249 Å². The van der Waals surface area contributed by atoms with E-state index in [4.69, 9.17) is 0 Å². The van der Waals surface area contributed by atoms with Crippen LogP contribution in [0.3, 0.4) is 0 Å². The molecule has 6 heterocycles. The third-order valence-electron chi connectivity index (χ3n) is 5.32. The molecule has 6 aliphatic rings. The lowest BCUT2D eigenvalue weighted by Gasteiger charge is -2.09. The largest absolute Gasteiger partial charge is 0.116 e. The van der Waals surface area contributed by atoms with Gasteiger partial charge in [0.15, 0.2) is 0 Å². The minimum atomic E-state index is 1.25. The van der Waals surface area contributed by atoms with Gasteiger partial charge in [0.1, 0.15) is 0 Å². The highest BCUT2D eigenvalue weighted by atomic mass is 32.3. The predicted molar refractivity (Wildman–Crippen MR) is 176 cm³/mol. The second-order valence-corrected chi connectivity index (χ2v) is 22.0. The van der Waals surface area contributed by atoms with E-state index in [1.807, 2.05) is 141 Å². The molecule has 0 aliphatic carbocycles. The first kappa shape index (κ1) is 23.7. The van der Waals surface area contributed by atoms with E-state index in [1.165, 1.54) is 87.3 Å². The molecule has 172 valence electrons. The molecule has 8 rings (SSSR count). The quantitative estimate of drug-likeness (QED) is 0.264. The number of fused-ring (bicyclic) bond motifs is 6. The zero-order valence-electron chi connectivity index (χ0n) is 17.0. The Balaban J connectivity index is 1.19. The van der Waals surface area contributed by atoms with Crippen LogP contribution in [0.4, 0.5) is 0 Å². The summed E-state index contributed by atoms with van der Waals surface area (Å²) in [4.78, 5) is 5.94. The van der Waals surface area contributed by atoms with Crippen molar-refractivity contribution in [2.24, 2.45) is 0 Å². The van der Waals surface area contributed by atoms with Crippen LogP contribution < -0.4 is 0 Å².